The number of hydrogen-bond donors (Lipinski definition) is 3. The van der Waals surface area contributed by atoms with E-state index in [4.69, 9.17) is 5.11 Å². The van der Waals surface area contributed by atoms with Gasteiger partial charge >= 0.3 is 5.97 Å². The normalized spacial score (nSPS) is 15.2. The first-order valence-electron chi connectivity index (χ1n) is 4.04. The standard InChI is InChI=1S/C8H15NO4/c1-4(2)7(11)6(8(12)13)9-5(3)10/h4,6-7,11H,1-3H3,(H,9,10)(H,12,13)/t6-,7+/m0/s1. The number of aliphatic carboxylic acids is 1. The maximum absolute atomic E-state index is 10.6. The zero-order valence-corrected chi connectivity index (χ0v) is 7.94. The highest BCUT2D eigenvalue weighted by atomic mass is 16.4. The third-order valence-electron chi connectivity index (χ3n) is 1.65. The Morgan fingerprint density at radius 1 is 1.31 bits per heavy atom. The number of hydrogen-bond acceptors (Lipinski definition) is 3. The summed E-state index contributed by atoms with van der Waals surface area (Å²) in [6.07, 6.45) is -1.07. The molecule has 0 saturated heterocycles. The minimum absolute atomic E-state index is 0.215. The van der Waals surface area contributed by atoms with Crippen LogP contribution in [0.3, 0.4) is 0 Å². The highest BCUT2D eigenvalue weighted by Crippen LogP contribution is 2.06. The number of carbonyl (C=O) groups is 2. The number of rotatable bonds is 4. The fourth-order valence-electron chi connectivity index (χ4n) is 0.897. The van der Waals surface area contributed by atoms with Gasteiger partial charge in [0.15, 0.2) is 6.04 Å². The van der Waals surface area contributed by atoms with E-state index < -0.39 is 24.0 Å². The predicted molar refractivity (Wildman–Crippen MR) is 46.1 cm³/mol. The summed E-state index contributed by atoms with van der Waals surface area (Å²) in [5.74, 6) is -1.91. The van der Waals surface area contributed by atoms with Crippen molar-refractivity contribution >= 4 is 11.9 Å². The highest BCUT2D eigenvalue weighted by molar-refractivity contribution is 5.82. The van der Waals surface area contributed by atoms with E-state index in [2.05, 4.69) is 5.32 Å². The smallest absolute Gasteiger partial charge is 0.328 e. The molecule has 13 heavy (non-hydrogen) atoms. The molecule has 0 bridgehead atoms. The van der Waals surface area contributed by atoms with Crippen molar-refractivity contribution in [3.63, 3.8) is 0 Å². The maximum Gasteiger partial charge on any atom is 0.328 e. The van der Waals surface area contributed by atoms with Crippen LogP contribution >= 0.6 is 0 Å². The van der Waals surface area contributed by atoms with Crippen LogP contribution in [0.4, 0.5) is 0 Å². The van der Waals surface area contributed by atoms with Crippen LogP contribution in [0.25, 0.3) is 0 Å². The molecule has 1 amide bonds. The number of amides is 1. The molecule has 0 radical (unpaired) electrons. The van der Waals surface area contributed by atoms with Crippen LogP contribution in [0.15, 0.2) is 0 Å². The summed E-state index contributed by atoms with van der Waals surface area (Å²) in [6.45, 7) is 4.58. The van der Waals surface area contributed by atoms with Gasteiger partial charge in [-0.2, -0.15) is 0 Å². The Balaban J connectivity index is 4.41. The number of carboxylic acid groups (broad SMARTS) is 1. The van der Waals surface area contributed by atoms with E-state index >= 15 is 0 Å². The molecule has 0 aliphatic heterocycles. The van der Waals surface area contributed by atoms with Crippen molar-refractivity contribution in [2.24, 2.45) is 5.92 Å². The lowest BCUT2D eigenvalue weighted by Gasteiger charge is -2.22. The first kappa shape index (κ1) is 11.9. The Bertz CT molecular complexity index is 202. The average molecular weight is 189 g/mol. The Morgan fingerprint density at radius 3 is 2.00 bits per heavy atom. The molecule has 0 aliphatic carbocycles. The van der Waals surface area contributed by atoms with Crippen molar-refractivity contribution in [2.75, 3.05) is 0 Å². The average Bonchev–Trinajstić information content (AvgIpc) is 1.97. The SMILES string of the molecule is CC(=O)N[C@H](C(=O)O)[C@H](O)C(C)C. The van der Waals surface area contributed by atoms with Gasteiger partial charge in [0.1, 0.15) is 0 Å². The number of carbonyl (C=O) groups excluding carboxylic acids is 1. The molecule has 0 aromatic rings. The van der Waals surface area contributed by atoms with Crippen molar-refractivity contribution in [1.82, 2.24) is 5.32 Å². The molecule has 0 rings (SSSR count). The van der Waals surface area contributed by atoms with Gasteiger partial charge in [0.25, 0.3) is 0 Å². The number of aliphatic hydroxyl groups is 1. The van der Waals surface area contributed by atoms with Crippen LogP contribution in [0.5, 0.6) is 0 Å². The molecule has 2 atom stereocenters. The molecule has 0 aromatic carbocycles. The molecular weight excluding hydrogens is 174 g/mol. The molecule has 0 saturated carbocycles. The fraction of sp³-hybridized carbons (Fsp3) is 0.750. The zero-order valence-electron chi connectivity index (χ0n) is 7.94. The second-order valence-corrected chi connectivity index (χ2v) is 3.25. The van der Waals surface area contributed by atoms with Crippen molar-refractivity contribution in [2.45, 2.75) is 32.9 Å². The van der Waals surface area contributed by atoms with E-state index in [1.54, 1.807) is 13.8 Å². The molecule has 0 aromatic heterocycles. The lowest BCUT2D eigenvalue weighted by Crippen LogP contribution is -2.49. The van der Waals surface area contributed by atoms with Gasteiger partial charge in [-0.25, -0.2) is 4.79 Å². The summed E-state index contributed by atoms with van der Waals surface area (Å²) in [4.78, 5) is 21.2. The molecule has 0 unspecified atom stereocenters. The van der Waals surface area contributed by atoms with Gasteiger partial charge in [-0.05, 0) is 5.92 Å². The first-order valence-corrected chi connectivity index (χ1v) is 4.04. The Hall–Kier alpha value is -1.10. The third-order valence-corrected chi connectivity index (χ3v) is 1.65. The molecular formula is C8H15NO4. The minimum Gasteiger partial charge on any atom is -0.480 e. The van der Waals surface area contributed by atoms with Gasteiger partial charge < -0.3 is 15.5 Å². The van der Waals surface area contributed by atoms with E-state index in [0.717, 1.165) is 0 Å². The van der Waals surface area contributed by atoms with E-state index in [-0.39, 0.29) is 5.92 Å². The van der Waals surface area contributed by atoms with Gasteiger partial charge in [0.05, 0.1) is 6.10 Å². The third kappa shape index (κ3) is 3.89. The monoisotopic (exact) mass is 189 g/mol. The van der Waals surface area contributed by atoms with Gasteiger partial charge in [-0.15, -0.1) is 0 Å². The largest absolute Gasteiger partial charge is 0.480 e. The summed E-state index contributed by atoms with van der Waals surface area (Å²) in [5.41, 5.74) is 0. The highest BCUT2D eigenvalue weighted by Gasteiger charge is 2.29. The van der Waals surface area contributed by atoms with Crippen LogP contribution in [0.1, 0.15) is 20.8 Å². The van der Waals surface area contributed by atoms with Gasteiger partial charge in [-0.3, -0.25) is 4.79 Å². The number of aliphatic hydroxyl groups excluding tert-OH is 1. The Labute approximate surface area is 76.8 Å². The van der Waals surface area contributed by atoms with Crippen molar-refractivity contribution in [3.05, 3.63) is 0 Å². The molecule has 5 heteroatoms. The van der Waals surface area contributed by atoms with Gasteiger partial charge in [-0.1, -0.05) is 13.8 Å². The summed E-state index contributed by atoms with van der Waals surface area (Å²) in [6, 6.07) is -1.22. The van der Waals surface area contributed by atoms with E-state index in [1.807, 2.05) is 0 Å². The molecule has 3 N–H and O–H groups in total. The lowest BCUT2D eigenvalue weighted by molar-refractivity contribution is -0.145. The van der Waals surface area contributed by atoms with Gasteiger partial charge in [0, 0.05) is 6.92 Å². The molecule has 0 heterocycles. The van der Waals surface area contributed by atoms with E-state index in [1.165, 1.54) is 6.92 Å². The van der Waals surface area contributed by atoms with Crippen LogP contribution < -0.4 is 5.32 Å². The number of carboxylic acids is 1. The summed E-state index contributed by atoms with van der Waals surface area (Å²) in [7, 11) is 0. The minimum atomic E-state index is -1.23. The van der Waals surface area contributed by atoms with Crippen LogP contribution in [0, 0.1) is 5.92 Å². The second-order valence-electron chi connectivity index (χ2n) is 3.25. The van der Waals surface area contributed by atoms with Gasteiger partial charge in [0.2, 0.25) is 5.91 Å². The van der Waals surface area contributed by atoms with Crippen LogP contribution in [0.2, 0.25) is 0 Å². The second kappa shape index (κ2) is 4.81. The predicted octanol–water partition coefficient (Wildman–Crippen LogP) is -0.407. The van der Waals surface area contributed by atoms with E-state index in [9.17, 15) is 14.7 Å². The summed E-state index contributed by atoms with van der Waals surface area (Å²) < 4.78 is 0. The molecule has 0 spiro atoms. The van der Waals surface area contributed by atoms with Crippen LogP contribution in [-0.4, -0.2) is 34.2 Å². The Kier molecular flexibility index (Phi) is 4.40. The molecule has 0 fully saturated rings. The van der Waals surface area contributed by atoms with E-state index in [0.29, 0.717) is 0 Å². The zero-order chi connectivity index (χ0) is 10.6. The molecule has 5 nitrogen and oxygen atoms in total. The molecule has 0 aliphatic rings. The first-order chi connectivity index (χ1) is 5.86. The summed E-state index contributed by atoms with van der Waals surface area (Å²) in [5, 5.41) is 20.2. The topological polar surface area (TPSA) is 86.6 Å². The van der Waals surface area contributed by atoms with Crippen LogP contribution in [-0.2, 0) is 9.59 Å². The van der Waals surface area contributed by atoms with Crippen molar-refractivity contribution in [3.8, 4) is 0 Å². The van der Waals surface area contributed by atoms with Crippen molar-refractivity contribution < 1.29 is 19.8 Å². The maximum atomic E-state index is 10.6. The number of nitrogens with one attached hydrogen (secondary N) is 1. The Morgan fingerprint density at radius 2 is 1.77 bits per heavy atom. The fourth-order valence-corrected chi connectivity index (χ4v) is 0.897. The molecule has 76 valence electrons. The quantitative estimate of drug-likeness (QED) is 0.561. The lowest BCUT2D eigenvalue weighted by atomic mass is 10.00. The summed E-state index contributed by atoms with van der Waals surface area (Å²) >= 11 is 0. The van der Waals surface area contributed by atoms with Crippen molar-refractivity contribution in [1.29, 1.82) is 0 Å².